The van der Waals surface area contributed by atoms with Gasteiger partial charge >= 0.3 is 0 Å². The standard InChI is InChI=1S/C18H29N5O4.HI/c1-15(22-8-11-27-12-9-22)13-20-18(19-7-10-26-2)21-14-16-3-5-17(6-4-16)23(24)25;/h3-6,15H,7-14H2,1-2H3,(H2,19,20,21);1H. The van der Waals surface area contributed by atoms with E-state index in [2.05, 4.69) is 27.4 Å². The van der Waals surface area contributed by atoms with Gasteiger partial charge in [0.1, 0.15) is 0 Å². The molecule has 0 saturated carbocycles. The average molecular weight is 507 g/mol. The minimum atomic E-state index is -0.403. The van der Waals surface area contributed by atoms with E-state index in [4.69, 9.17) is 9.47 Å². The van der Waals surface area contributed by atoms with Gasteiger partial charge in [0.05, 0.1) is 31.3 Å². The van der Waals surface area contributed by atoms with Gasteiger partial charge in [0.25, 0.3) is 5.69 Å². The van der Waals surface area contributed by atoms with Crippen LogP contribution in [0, 0.1) is 10.1 Å². The quantitative estimate of drug-likeness (QED) is 0.131. The molecule has 1 saturated heterocycles. The zero-order valence-electron chi connectivity index (χ0n) is 16.4. The number of nitro benzene ring substituents is 1. The van der Waals surface area contributed by atoms with Gasteiger partial charge in [-0.25, -0.2) is 4.99 Å². The van der Waals surface area contributed by atoms with Gasteiger partial charge in [-0.3, -0.25) is 15.0 Å². The van der Waals surface area contributed by atoms with E-state index in [1.807, 2.05) is 0 Å². The Balaban J connectivity index is 0.00000392. The average Bonchev–Trinajstić information content (AvgIpc) is 2.70. The molecule has 1 aliphatic rings. The van der Waals surface area contributed by atoms with Crippen LogP contribution in [0.1, 0.15) is 12.5 Å². The topological polar surface area (TPSA) is 101 Å². The number of morpholine rings is 1. The molecule has 158 valence electrons. The smallest absolute Gasteiger partial charge is 0.269 e. The fourth-order valence-corrected chi connectivity index (χ4v) is 2.73. The number of ether oxygens (including phenoxy) is 2. The van der Waals surface area contributed by atoms with Crippen molar-refractivity contribution < 1.29 is 14.4 Å². The number of benzene rings is 1. The van der Waals surface area contributed by atoms with Crippen molar-refractivity contribution in [3.8, 4) is 0 Å². The summed E-state index contributed by atoms with van der Waals surface area (Å²) in [5, 5.41) is 17.3. The largest absolute Gasteiger partial charge is 0.383 e. The zero-order chi connectivity index (χ0) is 19.5. The molecule has 1 heterocycles. The number of nitrogens with one attached hydrogen (secondary N) is 2. The third-order valence-electron chi connectivity index (χ3n) is 4.40. The molecule has 2 rings (SSSR count). The number of rotatable bonds is 9. The van der Waals surface area contributed by atoms with Crippen molar-refractivity contribution in [3.63, 3.8) is 0 Å². The third kappa shape index (κ3) is 8.67. The highest BCUT2D eigenvalue weighted by atomic mass is 127. The first kappa shape index (κ1) is 24.5. The predicted molar refractivity (Wildman–Crippen MR) is 119 cm³/mol. The Bertz CT molecular complexity index is 608. The summed E-state index contributed by atoms with van der Waals surface area (Å²) in [4.78, 5) is 17.3. The number of hydrogen-bond acceptors (Lipinski definition) is 6. The molecule has 1 aromatic carbocycles. The van der Waals surface area contributed by atoms with Gasteiger partial charge in [-0.2, -0.15) is 0 Å². The Morgan fingerprint density at radius 2 is 2.00 bits per heavy atom. The molecule has 2 N–H and O–H groups in total. The molecule has 0 aliphatic carbocycles. The van der Waals surface area contributed by atoms with E-state index in [9.17, 15) is 10.1 Å². The Morgan fingerprint density at radius 1 is 1.32 bits per heavy atom. The summed E-state index contributed by atoms with van der Waals surface area (Å²) in [7, 11) is 1.66. The van der Waals surface area contributed by atoms with Crippen LogP contribution in [-0.4, -0.2) is 74.9 Å². The second-order valence-electron chi connectivity index (χ2n) is 6.39. The van der Waals surface area contributed by atoms with Crippen LogP contribution < -0.4 is 10.6 Å². The normalized spacial score (nSPS) is 16.1. The maximum atomic E-state index is 10.7. The highest BCUT2D eigenvalue weighted by Crippen LogP contribution is 2.12. The van der Waals surface area contributed by atoms with Crippen LogP contribution >= 0.6 is 24.0 Å². The Labute approximate surface area is 183 Å². The summed E-state index contributed by atoms with van der Waals surface area (Å²) in [5.41, 5.74) is 0.994. The number of guanidine groups is 1. The second kappa shape index (κ2) is 13.6. The molecule has 10 heteroatoms. The number of nitrogens with zero attached hydrogens (tertiary/aromatic N) is 3. The van der Waals surface area contributed by atoms with Crippen molar-refractivity contribution >= 4 is 35.6 Å². The molecule has 1 fully saturated rings. The first-order chi connectivity index (χ1) is 13.1. The molecule has 28 heavy (non-hydrogen) atoms. The van der Waals surface area contributed by atoms with Crippen molar-refractivity contribution in [2.24, 2.45) is 4.99 Å². The molecule has 0 spiro atoms. The lowest BCUT2D eigenvalue weighted by atomic mass is 10.2. The maximum Gasteiger partial charge on any atom is 0.269 e. The lowest BCUT2D eigenvalue weighted by Gasteiger charge is -2.32. The Morgan fingerprint density at radius 3 is 2.61 bits per heavy atom. The van der Waals surface area contributed by atoms with Crippen molar-refractivity contribution in [1.82, 2.24) is 15.5 Å². The van der Waals surface area contributed by atoms with Gasteiger partial charge in [0.2, 0.25) is 0 Å². The minimum Gasteiger partial charge on any atom is -0.383 e. The molecule has 0 bridgehead atoms. The molecule has 1 atom stereocenters. The van der Waals surface area contributed by atoms with Crippen LogP contribution in [0.2, 0.25) is 0 Å². The van der Waals surface area contributed by atoms with Crippen LogP contribution in [0.25, 0.3) is 0 Å². The van der Waals surface area contributed by atoms with E-state index in [-0.39, 0.29) is 29.7 Å². The van der Waals surface area contributed by atoms with E-state index in [1.54, 1.807) is 19.2 Å². The number of nitro groups is 1. The predicted octanol–water partition coefficient (Wildman–Crippen LogP) is 1.62. The van der Waals surface area contributed by atoms with Gasteiger partial charge in [0.15, 0.2) is 5.96 Å². The van der Waals surface area contributed by atoms with E-state index >= 15 is 0 Å². The second-order valence-corrected chi connectivity index (χ2v) is 6.39. The first-order valence-corrected chi connectivity index (χ1v) is 9.16. The summed E-state index contributed by atoms with van der Waals surface area (Å²) in [6.45, 7) is 8.04. The molecular formula is C18H30IN5O4. The van der Waals surface area contributed by atoms with Crippen molar-refractivity contribution in [2.45, 2.75) is 19.5 Å². The molecule has 0 amide bonds. The number of aliphatic imine (C=N–C) groups is 1. The molecule has 1 aromatic rings. The summed E-state index contributed by atoms with van der Waals surface area (Å²) in [6, 6.07) is 6.81. The van der Waals surface area contributed by atoms with Crippen molar-refractivity contribution in [3.05, 3.63) is 39.9 Å². The van der Waals surface area contributed by atoms with Gasteiger partial charge in [0, 0.05) is 51.5 Å². The molecule has 1 aliphatic heterocycles. The maximum absolute atomic E-state index is 10.7. The summed E-state index contributed by atoms with van der Waals surface area (Å²) < 4.78 is 10.5. The number of halogens is 1. The van der Waals surface area contributed by atoms with Gasteiger partial charge in [-0.05, 0) is 12.5 Å². The van der Waals surface area contributed by atoms with Crippen LogP contribution in [-0.2, 0) is 16.0 Å². The Hall–Kier alpha value is -1.50. The van der Waals surface area contributed by atoms with Crippen LogP contribution in [0.4, 0.5) is 5.69 Å². The van der Waals surface area contributed by atoms with Gasteiger partial charge in [-0.15, -0.1) is 24.0 Å². The van der Waals surface area contributed by atoms with Crippen LogP contribution in [0.15, 0.2) is 29.3 Å². The summed E-state index contributed by atoms with van der Waals surface area (Å²) in [5.74, 6) is 0.700. The SMILES string of the molecule is COCCNC(=NCc1ccc([N+](=O)[O-])cc1)NCC(C)N1CCOCC1.I. The van der Waals surface area contributed by atoms with Crippen molar-refractivity contribution in [2.75, 3.05) is 53.1 Å². The minimum absolute atomic E-state index is 0. The van der Waals surface area contributed by atoms with Crippen LogP contribution in [0.5, 0.6) is 0 Å². The summed E-state index contributed by atoms with van der Waals surface area (Å²) >= 11 is 0. The molecule has 0 aromatic heterocycles. The molecule has 0 radical (unpaired) electrons. The van der Waals surface area contributed by atoms with Gasteiger partial charge in [-0.1, -0.05) is 12.1 Å². The number of hydrogen-bond donors (Lipinski definition) is 2. The molecule has 1 unspecified atom stereocenters. The Kier molecular flexibility index (Phi) is 12.0. The van der Waals surface area contributed by atoms with Crippen LogP contribution in [0.3, 0.4) is 0 Å². The van der Waals surface area contributed by atoms with E-state index in [0.29, 0.717) is 31.7 Å². The van der Waals surface area contributed by atoms with E-state index in [1.165, 1.54) is 12.1 Å². The highest BCUT2D eigenvalue weighted by molar-refractivity contribution is 14.0. The number of methoxy groups -OCH3 is 1. The third-order valence-corrected chi connectivity index (χ3v) is 4.40. The lowest BCUT2D eigenvalue weighted by molar-refractivity contribution is -0.384. The first-order valence-electron chi connectivity index (χ1n) is 9.16. The highest BCUT2D eigenvalue weighted by Gasteiger charge is 2.17. The molecular weight excluding hydrogens is 477 g/mol. The van der Waals surface area contributed by atoms with E-state index < -0.39 is 4.92 Å². The van der Waals surface area contributed by atoms with E-state index in [0.717, 1.165) is 38.4 Å². The zero-order valence-corrected chi connectivity index (χ0v) is 18.8. The fourth-order valence-electron chi connectivity index (χ4n) is 2.73. The van der Waals surface area contributed by atoms with Gasteiger partial charge < -0.3 is 20.1 Å². The number of non-ortho nitro benzene ring substituents is 1. The fraction of sp³-hybridized carbons (Fsp3) is 0.611. The van der Waals surface area contributed by atoms with Crippen molar-refractivity contribution in [1.29, 1.82) is 0 Å². The lowest BCUT2D eigenvalue weighted by Crippen LogP contribution is -2.49. The molecule has 9 nitrogen and oxygen atoms in total. The summed E-state index contributed by atoms with van der Waals surface area (Å²) in [6.07, 6.45) is 0. The monoisotopic (exact) mass is 507 g/mol.